The van der Waals surface area contributed by atoms with Gasteiger partial charge in [0.05, 0.1) is 23.8 Å². The third-order valence-corrected chi connectivity index (χ3v) is 8.30. The quantitative estimate of drug-likeness (QED) is 0.726. The monoisotopic (exact) mass is 434 g/mol. The predicted octanol–water partition coefficient (Wildman–Crippen LogP) is 3.14. The highest BCUT2D eigenvalue weighted by Crippen LogP contribution is 2.60. The number of ether oxygens (including phenoxy) is 1. The zero-order valence-corrected chi connectivity index (χ0v) is 17.6. The van der Waals surface area contributed by atoms with Crippen molar-refractivity contribution >= 4 is 38.2 Å². The second-order valence-corrected chi connectivity index (χ2v) is 10.8. The Hall–Kier alpha value is -2.26. The fraction of sp³-hybridized carbons (Fsp3) is 0.450. The molecule has 1 atom stereocenters. The summed E-state index contributed by atoms with van der Waals surface area (Å²) in [6.07, 6.45) is 1.78. The van der Waals surface area contributed by atoms with Crippen LogP contribution >= 0.6 is 11.3 Å². The van der Waals surface area contributed by atoms with Gasteiger partial charge in [0.2, 0.25) is 5.91 Å². The van der Waals surface area contributed by atoms with Crippen LogP contribution < -0.4 is 5.32 Å². The molecule has 9 heteroatoms. The molecule has 2 aromatic rings. The van der Waals surface area contributed by atoms with E-state index < -0.39 is 15.8 Å². The van der Waals surface area contributed by atoms with Gasteiger partial charge in [-0.25, -0.2) is 18.2 Å². The SMILES string of the molecule is CCOC(=O)c1sc(NC(=O)C2CC23CCS(=O)(=O)CC3)nc1-c1ccccc1. The second kappa shape index (κ2) is 7.53. The highest BCUT2D eigenvalue weighted by molar-refractivity contribution is 7.91. The average Bonchev–Trinajstić information content (AvgIpc) is 3.26. The van der Waals surface area contributed by atoms with Crippen LogP contribution in [-0.2, 0) is 19.4 Å². The Bertz CT molecular complexity index is 1030. The lowest BCUT2D eigenvalue weighted by Gasteiger charge is -2.22. The molecule has 1 aromatic heterocycles. The minimum absolute atomic E-state index is 0.152. The Morgan fingerprint density at radius 1 is 1.24 bits per heavy atom. The van der Waals surface area contributed by atoms with Crippen molar-refractivity contribution in [2.75, 3.05) is 23.4 Å². The molecule has 1 aliphatic carbocycles. The molecule has 0 bridgehead atoms. The molecule has 1 aliphatic heterocycles. The first kappa shape index (κ1) is 20.0. The third kappa shape index (κ3) is 4.06. The number of carbonyl (C=O) groups excluding carboxylic acids is 2. The lowest BCUT2D eigenvalue weighted by molar-refractivity contribution is -0.118. The van der Waals surface area contributed by atoms with Gasteiger partial charge in [0.15, 0.2) is 5.13 Å². The molecule has 2 heterocycles. The molecule has 2 fully saturated rings. The summed E-state index contributed by atoms with van der Waals surface area (Å²) in [7, 11) is -2.96. The molecular formula is C20H22N2O5S2. The van der Waals surface area contributed by atoms with Gasteiger partial charge >= 0.3 is 5.97 Å². The van der Waals surface area contributed by atoms with Gasteiger partial charge in [-0.1, -0.05) is 41.7 Å². The molecule has 0 radical (unpaired) electrons. The van der Waals surface area contributed by atoms with Crippen LogP contribution in [0.15, 0.2) is 30.3 Å². The maximum atomic E-state index is 12.8. The van der Waals surface area contributed by atoms with Crippen LogP contribution in [0.4, 0.5) is 5.13 Å². The van der Waals surface area contributed by atoms with E-state index in [1.54, 1.807) is 6.92 Å². The van der Waals surface area contributed by atoms with E-state index in [2.05, 4.69) is 10.3 Å². The summed E-state index contributed by atoms with van der Waals surface area (Å²) < 4.78 is 28.5. The molecule has 1 spiro atoms. The minimum Gasteiger partial charge on any atom is -0.462 e. The van der Waals surface area contributed by atoms with Crippen LogP contribution in [-0.4, -0.2) is 43.4 Å². The Morgan fingerprint density at radius 2 is 1.93 bits per heavy atom. The van der Waals surface area contributed by atoms with Crippen molar-refractivity contribution in [1.82, 2.24) is 4.98 Å². The maximum Gasteiger partial charge on any atom is 0.350 e. The molecule has 2 aliphatic rings. The van der Waals surface area contributed by atoms with E-state index in [1.807, 2.05) is 30.3 Å². The number of anilines is 1. The van der Waals surface area contributed by atoms with Gasteiger partial charge in [0.25, 0.3) is 0 Å². The van der Waals surface area contributed by atoms with Crippen LogP contribution in [0.1, 0.15) is 35.9 Å². The summed E-state index contributed by atoms with van der Waals surface area (Å²) in [6, 6.07) is 9.28. The highest BCUT2D eigenvalue weighted by Gasteiger charge is 2.59. The molecule has 29 heavy (non-hydrogen) atoms. The van der Waals surface area contributed by atoms with Crippen LogP contribution in [0.2, 0.25) is 0 Å². The number of thiazole rings is 1. The molecule has 1 amide bonds. The number of nitrogens with zero attached hydrogens (tertiary/aromatic N) is 1. The third-order valence-electron chi connectivity index (χ3n) is 5.69. The van der Waals surface area contributed by atoms with Gasteiger partial charge in [-0.2, -0.15) is 0 Å². The number of aromatic nitrogens is 1. The Kier molecular flexibility index (Phi) is 5.20. The summed E-state index contributed by atoms with van der Waals surface area (Å²) in [4.78, 5) is 29.9. The Labute approximate surface area is 173 Å². The smallest absolute Gasteiger partial charge is 0.350 e. The lowest BCUT2D eigenvalue weighted by Crippen LogP contribution is -2.28. The zero-order valence-electron chi connectivity index (χ0n) is 16.0. The summed E-state index contributed by atoms with van der Waals surface area (Å²) in [5.74, 6) is -0.524. The molecule has 1 aromatic carbocycles. The molecule has 7 nitrogen and oxygen atoms in total. The van der Waals surface area contributed by atoms with Crippen molar-refractivity contribution in [3.8, 4) is 11.3 Å². The number of benzene rings is 1. The van der Waals surface area contributed by atoms with Crippen LogP contribution in [0.3, 0.4) is 0 Å². The Morgan fingerprint density at radius 3 is 2.59 bits per heavy atom. The van der Waals surface area contributed by atoms with Gasteiger partial charge in [-0.05, 0) is 31.6 Å². The standard InChI is InChI=1S/C20H22N2O5S2/c1-2-27-18(24)16-15(13-6-4-3-5-7-13)21-19(28-16)22-17(23)14-12-20(14)8-10-29(25,26)11-9-20/h3-7,14H,2,8-12H2,1H3,(H,21,22,23). The zero-order chi connectivity index (χ0) is 20.6. The van der Waals surface area contributed by atoms with E-state index in [-0.39, 0.29) is 35.4 Å². The first-order valence-electron chi connectivity index (χ1n) is 9.58. The van der Waals surface area contributed by atoms with Crippen molar-refractivity contribution < 1.29 is 22.7 Å². The van der Waals surface area contributed by atoms with Gasteiger partial charge < -0.3 is 10.1 Å². The highest BCUT2D eigenvalue weighted by atomic mass is 32.2. The van der Waals surface area contributed by atoms with Crippen molar-refractivity contribution in [3.05, 3.63) is 35.2 Å². The summed E-state index contributed by atoms with van der Waals surface area (Å²) in [5.41, 5.74) is 1.06. The molecule has 1 saturated carbocycles. The maximum absolute atomic E-state index is 12.8. The van der Waals surface area contributed by atoms with Gasteiger partial charge in [0.1, 0.15) is 14.7 Å². The second-order valence-electron chi connectivity index (χ2n) is 7.54. The largest absolute Gasteiger partial charge is 0.462 e. The molecule has 1 unspecified atom stereocenters. The van der Waals surface area contributed by atoms with E-state index in [0.717, 1.165) is 16.9 Å². The summed E-state index contributed by atoms with van der Waals surface area (Å²) in [5, 5.41) is 3.18. The van der Waals surface area contributed by atoms with E-state index in [0.29, 0.717) is 35.0 Å². The van der Waals surface area contributed by atoms with E-state index in [9.17, 15) is 18.0 Å². The number of nitrogens with one attached hydrogen (secondary N) is 1. The van der Waals surface area contributed by atoms with Crippen LogP contribution in [0.25, 0.3) is 11.3 Å². The molecule has 1 N–H and O–H groups in total. The fourth-order valence-corrected chi connectivity index (χ4v) is 6.43. The van der Waals surface area contributed by atoms with Crippen molar-refractivity contribution in [3.63, 3.8) is 0 Å². The van der Waals surface area contributed by atoms with Gasteiger partial charge in [0, 0.05) is 11.5 Å². The number of rotatable bonds is 5. The number of amides is 1. The van der Waals surface area contributed by atoms with Crippen molar-refractivity contribution in [1.29, 1.82) is 0 Å². The van der Waals surface area contributed by atoms with Gasteiger partial charge in [-0.3, -0.25) is 4.79 Å². The number of hydrogen-bond donors (Lipinski definition) is 1. The Balaban J connectivity index is 1.52. The van der Waals surface area contributed by atoms with E-state index >= 15 is 0 Å². The molecule has 154 valence electrons. The summed E-state index contributed by atoms with van der Waals surface area (Å²) >= 11 is 1.10. The predicted molar refractivity (Wildman–Crippen MR) is 111 cm³/mol. The first-order chi connectivity index (χ1) is 13.8. The van der Waals surface area contributed by atoms with Crippen molar-refractivity contribution in [2.24, 2.45) is 11.3 Å². The molecule has 1 saturated heterocycles. The molecule has 4 rings (SSSR count). The van der Waals surface area contributed by atoms with Crippen LogP contribution in [0.5, 0.6) is 0 Å². The average molecular weight is 435 g/mol. The summed E-state index contributed by atoms with van der Waals surface area (Å²) in [6.45, 7) is 1.99. The fourth-order valence-electron chi connectivity index (χ4n) is 3.91. The minimum atomic E-state index is -2.96. The topological polar surface area (TPSA) is 102 Å². The molecular weight excluding hydrogens is 412 g/mol. The van der Waals surface area contributed by atoms with Crippen LogP contribution in [0, 0.1) is 11.3 Å². The first-order valence-corrected chi connectivity index (χ1v) is 12.2. The number of carbonyl (C=O) groups is 2. The van der Waals surface area contributed by atoms with Crippen molar-refractivity contribution in [2.45, 2.75) is 26.2 Å². The number of sulfone groups is 1. The van der Waals surface area contributed by atoms with E-state index in [1.165, 1.54) is 0 Å². The normalized spacial score (nSPS) is 21.5. The van der Waals surface area contributed by atoms with E-state index in [4.69, 9.17) is 4.74 Å². The number of hydrogen-bond acceptors (Lipinski definition) is 7. The van der Waals surface area contributed by atoms with Gasteiger partial charge in [-0.15, -0.1) is 0 Å². The lowest BCUT2D eigenvalue weighted by atomic mass is 9.96. The number of esters is 1.